The van der Waals surface area contributed by atoms with E-state index >= 15 is 0 Å². The van der Waals surface area contributed by atoms with Crippen LogP contribution in [0.4, 0.5) is 0 Å². The fraction of sp³-hybridized carbons (Fsp3) is 0.853. The van der Waals surface area contributed by atoms with Crippen molar-refractivity contribution in [3.05, 3.63) is 24.3 Å². The first-order valence-electron chi connectivity index (χ1n) is 17.4. The minimum Gasteiger partial charge on any atom is -0.463 e. The van der Waals surface area contributed by atoms with Crippen LogP contribution in [-0.2, 0) is 32.6 Å². The summed E-state index contributed by atoms with van der Waals surface area (Å²) in [6, 6.07) is 0. The van der Waals surface area contributed by atoms with Crippen LogP contribution in [0.1, 0.15) is 142 Å². The molecule has 0 aromatic rings. The number of nitrogens with two attached hydrogens (primary N) is 1. The lowest BCUT2D eigenvalue weighted by atomic mass is 10.1. The Balaban J connectivity index is 4.09. The summed E-state index contributed by atoms with van der Waals surface area (Å²) >= 11 is 0. The van der Waals surface area contributed by atoms with Gasteiger partial charge in [0, 0.05) is 19.6 Å². The van der Waals surface area contributed by atoms with Gasteiger partial charge in [0.05, 0.1) is 13.2 Å². The van der Waals surface area contributed by atoms with Crippen LogP contribution in [0, 0.1) is 0 Å². The number of hydrogen-bond donors (Lipinski definition) is 2. The molecule has 0 aromatic carbocycles. The van der Waals surface area contributed by atoms with Gasteiger partial charge in [-0.1, -0.05) is 108 Å². The van der Waals surface area contributed by atoms with E-state index in [1.54, 1.807) is 0 Å². The molecule has 0 saturated carbocycles. The summed E-state index contributed by atoms with van der Waals surface area (Å²) in [5.41, 5.74) is 5.33. The lowest BCUT2D eigenvalue weighted by Crippen LogP contribution is -2.28. The summed E-state index contributed by atoms with van der Waals surface area (Å²) in [6.07, 6.45) is 30.7. The van der Waals surface area contributed by atoms with Crippen molar-refractivity contribution < 1.29 is 37.5 Å². The Morgan fingerprint density at radius 1 is 0.750 bits per heavy atom. The van der Waals surface area contributed by atoms with Crippen molar-refractivity contribution in [3.8, 4) is 0 Å². The van der Waals surface area contributed by atoms with Crippen LogP contribution in [0.2, 0.25) is 0 Å². The van der Waals surface area contributed by atoms with Gasteiger partial charge in [-0.15, -0.1) is 0 Å². The number of unbranched alkanes of at least 4 members (excludes halogenated alkanes) is 16. The third-order valence-electron chi connectivity index (χ3n) is 7.16. The molecule has 0 spiro atoms. The van der Waals surface area contributed by atoms with E-state index in [0.29, 0.717) is 13.0 Å². The monoisotopic (exact) mass is 647 g/mol. The highest BCUT2D eigenvalue weighted by atomic mass is 31.2. The van der Waals surface area contributed by atoms with Crippen molar-refractivity contribution in [2.75, 3.05) is 39.8 Å². The summed E-state index contributed by atoms with van der Waals surface area (Å²) in [5, 5.41) is 0. The molecule has 10 heteroatoms. The molecule has 2 atom stereocenters. The predicted molar refractivity (Wildman–Crippen MR) is 179 cm³/mol. The topological polar surface area (TPSA) is 127 Å². The highest BCUT2D eigenvalue weighted by molar-refractivity contribution is 7.47. The van der Waals surface area contributed by atoms with Gasteiger partial charge in [0.25, 0.3) is 0 Å². The summed E-state index contributed by atoms with van der Waals surface area (Å²) in [5.74, 6) is -0.316. The minimum absolute atomic E-state index is 0.0212. The van der Waals surface area contributed by atoms with Gasteiger partial charge in [-0.25, -0.2) is 4.57 Å². The van der Waals surface area contributed by atoms with Gasteiger partial charge in [-0.2, -0.15) is 0 Å². The predicted octanol–water partition coefficient (Wildman–Crippen LogP) is 8.94. The molecule has 3 N–H and O–H groups in total. The smallest absolute Gasteiger partial charge is 0.463 e. The number of phosphoric acid groups is 1. The molecule has 0 radical (unpaired) electrons. The number of esters is 1. The zero-order valence-electron chi connectivity index (χ0n) is 28.1. The highest BCUT2D eigenvalue weighted by Gasteiger charge is 2.24. The van der Waals surface area contributed by atoms with E-state index < -0.39 is 13.9 Å². The molecule has 0 rings (SSSR count). The van der Waals surface area contributed by atoms with E-state index in [1.165, 1.54) is 83.5 Å². The second kappa shape index (κ2) is 33.3. The minimum atomic E-state index is -4.27. The van der Waals surface area contributed by atoms with E-state index in [9.17, 15) is 14.3 Å². The Labute approximate surface area is 269 Å². The van der Waals surface area contributed by atoms with Gasteiger partial charge in [0.2, 0.25) is 0 Å². The standard InChI is InChI=1S/C34H66NO8P/c1-3-5-7-9-11-13-15-16-18-20-22-24-26-34(36)40-30-33(31-43-44(37,38)42-29-27-35)41-32-39-28-25-23-21-19-17-14-12-10-8-6-4-2/h4-7,33H,3,8-32,35H2,1-2H3,(H,37,38)/b6-4+,7-5+/t33-/m0/s1. The van der Waals surface area contributed by atoms with Gasteiger partial charge >= 0.3 is 13.8 Å². The average molecular weight is 648 g/mol. The number of rotatable bonds is 34. The second-order valence-electron chi connectivity index (χ2n) is 11.3. The van der Waals surface area contributed by atoms with E-state index in [-0.39, 0.29) is 39.1 Å². The van der Waals surface area contributed by atoms with Crippen molar-refractivity contribution in [3.63, 3.8) is 0 Å². The van der Waals surface area contributed by atoms with E-state index in [4.69, 9.17) is 29.0 Å². The van der Waals surface area contributed by atoms with Gasteiger partial charge < -0.3 is 24.8 Å². The maximum absolute atomic E-state index is 12.3. The zero-order valence-corrected chi connectivity index (χ0v) is 29.0. The maximum atomic E-state index is 12.3. The first-order chi connectivity index (χ1) is 21.4. The highest BCUT2D eigenvalue weighted by Crippen LogP contribution is 2.43. The first kappa shape index (κ1) is 42.9. The van der Waals surface area contributed by atoms with Crippen LogP contribution in [0.25, 0.3) is 0 Å². The number of allylic oxidation sites excluding steroid dienone is 4. The van der Waals surface area contributed by atoms with Crippen molar-refractivity contribution in [2.24, 2.45) is 5.73 Å². The van der Waals surface area contributed by atoms with Crippen LogP contribution < -0.4 is 5.73 Å². The van der Waals surface area contributed by atoms with Crippen LogP contribution in [-0.4, -0.2) is 56.7 Å². The molecule has 0 fully saturated rings. The molecule has 44 heavy (non-hydrogen) atoms. The lowest BCUT2D eigenvalue weighted by molar-refractivity contribution is -0.156. The van der Waals surface area contributed by atoms with Crippen LogP contribution >= 0.6 is 7.82 Å². The number of hydrogen-bond acceptors (Lipinski definition) is 8. The largest absolute Gasteiger partial charge is 0.472 e. The zero-order chi connectivity index (χ0) is 32.4. The third-order valence-corrected chi connectivity index (χ3v) is 8.15. The molecular weight excluding hydrogens is 581 g/mol. The fourth-order valence-corrected chi connectivity index (χ4v) is 5.32. The van der Waals surface area contributed by atoms with Gasteiger partial charge in [0.1, 0.15) is 19.5 Å². The molecule has 0 heterocycles. The first-order valence-corrected chi connectivity index (χ1v) is 18.9. The molecular formula is C34H66NO8P. The molecule has 0 aliphatic rings. The van der Waals surface area contributed by atoms with Crippen molar-refractivity contribution >= 4 is 13.8 Å². The molecule has 0 saturated heterocycles. The molecule has 0 aliphatic heterocycles. The molecule has 0 aromatic heterocycles. The molecule has 0 bridgehead atoms. The Morgan fingerprint density at radius 2 is 1.32 bits per heavy atom. The van der Waals surface area contributed by atoms with Crippen molar-refractivity contribution in [1.82, 2.24) is 0 Å². The van der Waals surface area contributed by atoms with Crippen LogP contribution in [0.3, 0.4) is 0 Å². The molecule has 9 nitrogen and oxygen atoms in total. The Hall–Kier alpha value is -1.06. The number of carbonyl (C=O) groups is 1. The fourth-order valence-electron chi connectivity index (χ4n) is 4.56. The molecule has 0 amide bonds. The third kappa shape index (κ3) is 32.3. The maximum Gasteiger partial charge on any atom is 0.472 e. The Kier molecular flexibility index (Phi) is 32.5. The van der Waals surface area contributed by atoms with E-state index in [2.05, 4.69) is 38.2 Å². The second-order valence-corrected chi connectivity index (χ2v) is 12.8. The number of phosphoric ester groups is 1. The van der Waals surface area contributed by atoms with Crippen molar-refractivity contribution in [2.45, 2.75) is 148 Å². The average Bonchev–Trinajstić information content (AvgIpc) is 3.01. The summed E-state index contributed by atoms with van der Waals surface area (Å²) in [7, 11) is -4.27. The molecule has 1 unspecified atom stereocenters. The number of carbonyl (C=O) groups excluding carboxylic acids is 1. The van der Waals surface area contributed by atoms with Crippen LogP contribution in [0.15, 0.2) is 24.3 Å². The van der Waals surface area contributed by atoms with Crippen LogP contribution in [0.5, 0.6) is 0 Å². The van der Waals surface area contributed by atoms with Gasteiger partial charge in [-0.05, 0) is 51.9 Å². The lowest BCUT2D eigenvalue weighted by Gasteiger charge is -2.19. The summed E-state index contributed by atoms with van der Waals surface area (Å²) in [4.78, 5) is 22.1. The Morgan fingerprint density at radius 3 is 1.91 bits per heavy atom. The van der Waals surface area contributed by atoms with Gasteiger partial charge in [-0.3, -0.25) is 13.8 Å². The summed E-state index contributed by atoms with van der Waals surface area (Å²) in [6.45, 7) is 4.37. The van der Waals surface area contributed by atoms with Gasteiger partial charge in [0.15, 0.2) is 0 Å². The Bertz CT molecular complexity index is 734. The summed E-state index contributed by atoms with van der Waals surface area (Å²) < 4.78 is 38.4. The SMILES string of the molecule is C/C=C/CCCCCCCCCCOCO[C@@H](COC(=O)CCCCCCCCCC/C=C/CC)COP(=O)(O)OCCN. The number of ether oxygens (including phenoxy) is 3. The molecule has 0 aliphatic carbocycles. The quantitative estimate of drug-likeness (QED) is 0.0231. The van der Waals surface area contributed by atoms with E-state index in [0.717, 1.165) is 38.5 Å². The normalized spacial score (nSPS) is 14.0. The van der Waals surface area contributed by atoms with Crippen molar-refractivity contribution in [1.29, 1.82) is 0 Å². The molecule has 260 valence electrons. The van der Waals surface area contributed by atoms with E-state index in [1.807, 2.05) is 0 Å².